The lowest BCUT2D eigenvalue weighted by molar-refractivity contribution is 0.469. The average Bonchev–Trinajstić information content (AvgIpc) is 1.55. The fourth-order valence-corrected chi connectivity index (χ4v) is 14.2. The quantitative estimate of drug-likeness (QED) is 0.166. The molecule has 0 N–H and O–H groups in total. The average molecular weight is 1900 g/mol. The molecule has 0 bridgehead atoms. The number of benzene rings is 13. The number of imidazole rings is 1. The van der Waals surface area contributed by atoms with Gasteiger partial charge in [-0.15, -0.1) is 0 Å². The number of aromatic nitrogens is 11. The van der Waals surface area contributed by atoms with Gasteiger partial charge in [0.05, 0.1) is 38.6 Å². The SMILES string of the molecule is CC.CC(C)(C)C.CC(C)(C)C.CC(C)(C)C.CC(C)(C)C.CC(C)(C)C.CC(C)(C)c1nc(-c2ccccc2)nc(-c2ccccc2)n1.CC(C)(C)c1nc2ccccc2n1-c1ccccc1.c1ccc2c(c1)c1cccc3c4ccccc4n2c13.c1ccc2c(c1)oc1ccc3oc4ccccc4c3c12.c1ccc2cnccc2c1.c1ccc2ncccc2c1.c1ccc2ncncc2c1.c1ccncc1. The summed E-state index contributed by atoms with van der Waals surface area (Å²) >= 11 is 0. The number of fused-ring (bicyclic) bond motifs is 17. The molecule has 143 heavy (non-hydrogen) atoms. The molecule has 13 nitrogen and oxygen atoms in total. The zero-order valence-corrected chi connectivity index (χ0v) is 89.8. The summed E-state index contributed by atoms with van der Waals surface area (Å²) in [6.07, 6.45) is 12.4. The van der Waals surface area contributed by atoms with Crippen molar-refractivity contribution in [2.24, 2.45) is 27.1 Å². The first-order valence-electron chi connectivity index (χ1n) is 49.7. The number of hydrogen-bond acceptors (Lipinski definition) is 11. The van der Waals surface area contributed by atoms with Gasteiger partial charge in [-0.25, -0.2) is 29.9 Å². The smallest absolute Gasteiger partial charge is 0.163 e. The molecule has 0 amide bonds. The summed E-state index contributed by atoms with van der Waals surface area (Å²) < 4.78 is 16.5. The molecule has 0 unspecified atom stereocenters. The third kappa shape index (κ3) is 34.8. The standard InChI is InChI=1S/C19H19N3.C18H11N.C18H10O2.C17H18N2.2C9H7N.C8H6N2.C5H5N.5C5H12.C2H6/c1-19(2,3)18-21-16(14-10-6-4-7-11-14)20-17(22-18)15-12-8-5-9-13-15;1-3-10-16-12(6-1)14-8-5-9-15-13-7-2-4-11-17(13)19(16)18(14)15;1-3-7-13-11(5-1)17-15(19-13)9-10-16-18(17)12-6-2-4-8-14(12)20-16;1-17(2,3)16-18-14-11-7-8-12-15(14)19(16)13-9-5-4-6-10-13;1-2-6-9-8(4-1)5-3-7-10-9;1-2-4-9-7-10-6-5-8(9)3-1;1-2-4-8-7(3-1)5-9-6-10-8;1-2-4-6-5-3-1;5*1-5(2,3)4;1-2/h4-13H,1-3H3;1-11H;1-10H;4-12H,1-3H3;2*1-7H;1-6H;1-5H;5*1-4H3;1-2H3. The summed E-state index contributed by atoms with van der Waals surface area (Å²) in [4.78, 5) is 38.8. The number of rotatable bonds is 3. The van der Waals surface area contributed by atoms with Crippen LogP contribution in [0.15, 0.2) is 404 Å². The zero-order valence-electron chi connectivity index (χ0n) is 89.8. The molecular weight excluding hydrogens is 1750 g/mol. The van der Waals surface area contributed by atoms with Gasteiger partial charge in [-0.05, 0) is 135 Å². The molecule has 23 rings (SSSR count). The van der Waals surface area contributed by atoms with Crippen molar-refractivity contribution in [2.75, 3.05) is 0 Å². The van der Waals surface area contributed by atoms with Crippen molar-refractivity contribution in [1.82, 2.24) is 53.8 Å². The van der Waals surface area contributed by atoms with Crippen molar-refractivity contribution in [1.29, 1.82) is 0 Å². The van der Waals surface area contributed by atoms with Crippen LogP contribution in [0.2, 0.25) is 0 Å². The number of para-hydroxylation sites is 10. The lowest BCUT2D eigenvalue weighted by Crippen LogP contribution is -2.18. The van der Waals surface area contributed by atoms with E-state index in [1.165, 1.54) is 65.5 Å². The van der Waals surface area contributed by atoms with Crippen LogP contribution >= 0.6 is 0 Å². The van der Waals surface area contributed by atoms with Crippen LogP contribution in [-0.4, -0.2) is 53.8 Å². The minimum Gasteiger partial charge on any atom is -0.456 e. The van der Waals surface area contributed by atoms with Crippen molar-refractivity contribution in [3.8, 4) is 28.5 Å². The summed E-state index contributed by atoms with van der Waals surface area (Å²) in [6, 6.07) is 119. The van der Waals surface area contributed by atoms with Crippen LogP contribution in [0.5, 0.6) is 0 Å². The number of hydrogen-bond donors (Lipinski definition) is 0. The third-order valence-electron chi connectivity index (χ3n) is 19.7. The zero-order chi connectivity index (χ0) is 104. The Balaban J connectivity index is 0.000000165. The molecule has 0 aliphatic carbocycles. The molecule has 23 aromatic rings. The van der Waals surface area contributed by atoms with E-state index in [4.69, 9.17) is 13.8 Å². The topological polar surface area (TPSA) is 152 Å². The van der Waals surface area contributed by atoms with Crippen LogP contribution in [0.4, 0.5) is 0 Å². The van der Waals surface area contributed by atoms with Gasteiger partial charge >= 0.3 is 0 Å². The molecule has 10 aromatic heterocycles. The highest BCUT2D eigenvalue weighted by molar-refractivity contribution is 6.26. The lowest BCUT2D eigenvalue weighted by atomic mass is 9.95. The molecule has 0 spiro atoms. The Morgan fingerprint density at radius 2 is 0.601 bits per heavy atom. The monoisotopic (exact) mass is 1900 g/mol. The highest BCUT2D eigenvalue weighted by Gasteiger charge is 2.25. The first kappa shape index (κ1) is 110. The van der Waals surface area contributed by atoms with Crippen molar-refractivity contribution >= 4 is 126 Å². The van der Waals surface area contributed by atoms with E-state index in [1.54, 1.807) is 18.7 Å². The first-order chi connectivity index (χ1) is 67.9. The van der Waals surface area contributed by atoms with Gasteiger partial charge < -0.3 is 13.2 Å². The van der Waals surface area contributed by atoms with Crippen LogP contribution in [0.3, 0.4) is 0 Å². The number of nitrogens with zero attached hydrogens (tertiary/aromatic N) is 11. The molecule has 0 radical (unpaired) electrons. The maximum Gasteiger partial charge on any atom is 0.163 e. The number of furan rings is 2. The summed E-state index contributed by atoms with van der Waals surface area (Å²) in [6.45, 7) is 60.7. The molecule has 0 atom stereocenters. The van der Waals surface area contributed by atoms with Crippen molar-refractivity contribution in [2.45, 2.75) is 205 Å². The van der Waals surface area contributed by atoms with Crippen LogP contribution in [0, 0.1) is 27.1 Å². The van der Waals surface area contributed by atoms with E-state index in [0.29, 0.717) is 27.1 Å². The van der Waals surface area contributed by atoms with Crippen LogP contribution in [0.25, 0.3) is 154 Å². The number of pyridine rings is 3. The van der Waals surface area contributed by atoms with Gasteiger partial charge in [-0.2, -0.15) is 0 Å². The molecule has 0 aliphatic heterocycles. The Kier molecular flexibility index (Phi) is 39.2. The fraction of sp³-hybridized carbons (Fsp3) is 0.269. The van der Waals surface area contributed by atoms with Crippen LogP contribution in [-0.2, 0) is 10.8 Å². The second-order valence-electron chi connectivity index (χ2n) is 44.7. The van der Waals surface area contributed by atoms with E-state index in [1.807, 2.05) is 245 Å². The van der Waals surface area contributed by atoms with E-state index in [0.717, 1.165) is 100 Å². The van der Waals surface area contributed by atoms with Gasteiger partial charge in [-0.1, -0.05) is 449 Å². The van der Waals surface area contributed by atoms with E-state index >= 15 is 0 Å². The maximum absolute atomic E-state index is 5.94. The van der Waals surface area contributed by atoms with E-state index in [-0.39, 0.29) is 10.8 Å². The summed E-state index contributed by atoms with van der Waals surface area (Å²) in [5.74, 6) is 3.35. The molecule has 0 saturated carbocycles. The van der Waals surface area contributed by atoms with Gasteiger partial charge in [0.25, 0.3) is 0 Å². The third-order valence-corrected chi connectivity index (χ3v) is 19.7. The molecule has 13 heteroatoms. The highest BCUT2D eigenvalue weighted by Crippen LogP contribution is 2.42. The first-order valence-corrected chi connectivity index (χ1v) is 49.7. The van der Waals surface area contributed by atoms with Crippen LogP contribution in [0.1, 0.15) is 206 Å². The fourth-order valence-electron chi connectivity index (χ4n) is 14.2. The molecule has 736 valence electrons. The van der Waals surface area contributed by atoms with Gasteiger partial charge in [0, 0.05) is 119 Å². The molecule has 0 fully saturated rings. The maximum atomic E-state index is 5.94. The Hall–Kier alpha value is -15.0. The molecule has 0 saturated heterocycles. The van der Waals surface area contributed by atoms with E-state index < -0.39 is 0 Å². The Bertz CT molecular complexity index is 7050. The lowest BCUT2D eigenvalue weighted by Gasteiger charge is -2.20. The highest BCUT2D eigenvalue weighted by atomic mass is 16.3. The predicted octanol–water partition coefficient (Wildman–Crippen LogP) is 37.6. The van der Waals surface area contributed by atoms with Gasteiger partial charge in [0.2, 0.25) is 0 Å². The summed E-state index contributed by atoms with van der Waals surface area (Å²) in [5.41, 5.74) is 17.4. The largest absolute Gasteiger partial charge is 0.456 e. The normalized spacial score (nSPS) is 11.2. The van der Waals surface area contributed by atoms with Gasteiger partial charge in [0.1, 0.15) is 40.3 Å². The molecule has 13 aromatic carbocycles. The van der Waals surface area contributed by atoms with E-state index in [9.17, 15) is 0 Å². The Morgan fingerprint density at radius 1 is 0.238 bits per heavy atom. The van der Waals surface area contributed by atoms with Crippen molar-refractivity contribution in [3.05, 3.63) is 407 Å². The van der Waals surface area contributed by atoms with Gasteiger partial charge in [0.15, 0.2) is 11.6 Å². The van der Waals surface area contributed by atoms with E-state index in [2.05, 4.69) is 374 Å². The predicted molar refractivity (Wildman–Crippen MR) is 616 cm³/mol. The molecule has 0 aliphatic rings. The second kappa shape index (κ2) is 50.9. The Morgan fingerprint density at radius 3 is 1.03 bits per heavy atom. The molecule has 10 heterocycles. The minimum absolute atomic E-state index is 0.00879. The molecular formula is C130H149N11O2. The van der Waals surface area contributed by atoms with Crippen LogP contribution < -0.4 is 0 Å². The van der Waals surface area contributed by atoms with Crippen molar-refractivity contribution < 1.29 is 8.83 Å². The second-order valence-corrected chi connectivity index (χ2v) is 44.7. The summed E-state index contributed by atoms with van der Waals surface area (Å²) in [5, 5.41) is 14.7. The minimum atomic E-state index is -0.129. The summed E-state index contributed by atoms with van der Waals surface area (Å²) in [7, 11) is 0. The van der Waals surface area contributed by atoms with Gasteiger partial charge in [-0.3, -0.25) is 19.5 Å². The van der Waals surface area contributed by atoms with Crippen molar-refractivity contribution in [3.63, 3.8) is 0 Å². The Labute approximate surface area is 849 Å².